The van der Waals surface area contributed by atoms with Crippen LogP contribution in [0.1, 0.15) is 55.2 Å². The average molecular weight is 667 g/mol. The van der Waals surface area contributed by atoms with Crippen molar-refractivity contribution >= 4 is 34.9 Å². The van der Waals surface area contributed by atoms with E-state index in [0.29, 0.717) is 43.6 Å². The van der Waals surface area contributed by atoms with E-state index >= 15 is 0 Å². The molecule has 0 radical (unpaired) electrons. The van der Waals surface area contributed by atoms with Crippen LogP contribution in [-0.4, -0.2) is 49.4 Å². The Bertz CT molecular complexity index is 1650. The second-order valence-electron chi connectivity index (χ2n) is 13.2. The van der Waals surface area contributed by atoms with Gasteiger partial charge in [0.2, 0.25) is 17.7 Å². The summed E-state index contributed by atoms with van der Waals surface area (Å²) >= 11 is 0. The number of amidine groups is 1. The molecule has 3 aromatic carbocycles. The largest absolute Gasteiger partial charge is 0.381 e. The summed E-state index contributed by atoms with van der Waals surface area (Å²) in [5, 5.41) is 13.3. The van der Waals surface area contributed by atoms with Crippen LogP contribution in [0.25, 0.3) is 11.1 Å². The average Bonchev–Trinajstić information content (AvgIpc) is 3.69. The maximum Gasteiger partial charge on any atom is 0.247 e. The van der Waals surface area contributed by atoms with Crippen LogP contribution in [0.5, 0.6) is 0 Å². The lowest BCUT2D eigenvalue weighted by atomic mass is 9.81. The first-order valence-electron chi connectivity index (χ1n) is 17.2. The van der Waals surface area contributed by atoms with E-state index in [9.17, 15) is 14.4 Å². The minimum absolute atomic E-state index is 0.0310. The highest BCUT2D eigenvalue weighted by molar-refractivity contribution is 6.01. The molecule has 2 heterocycles. The molecule has 49 heavy (non-hydrogen) atoms. The van der Waals surface area contributed by atoms with Gasteiger partial charge in [-0.25, -0.2) is 5.53 Å². The molecule has 0 aromatic heterocycles. The molecule has 3 aromatic rings. The molecule has 12 heteroatoms. The molecule has 0 bridgehead atoms. The molecule has 6 rings (SSSR count). The van der Waals surface area contributed by atoms with Crippen molar-refractivity contribution in [1.29, 1.82) is 0 Å². The summed E-state index contributed by atoms with van der Waals surface area (Å²) in [6, 6.07) is 20.6. The summed E-state index contributed by atoms with van der Waals surface area (Å²) in [6.07, 6.45) is 5.18. The Balaban J connectivity index is 1.14. The number of rotatable bonds is 11. The molecule has 258 valence electrons. The number of anilines is 2. The number of nitrogens with one attached hydrogen (secondary N) is 6. The van der Waals surface area contributed by atoms with Gasteiger partial charge in [0.05, 0.1) is 0 Å². The van der Waals surface area contributed by atoms with Crippen molar-refractivity contribution in [2.75, 3.05) is 30.4 Å². The predicted octanol–water partition coefficient (Wildman–Crippen LogP) is 3.73. The van der Waals surface area contributed by atoms with E-state index in [-0.39, 0.29) is 29.6 Å². The second kappa shape index (κ2) is 16.1. The van der Waals surface area contributed by atoms with Crippen LogP contribution in [-0.2, 0) is 25.5 Å². The van der Waals surface area contributed by atoms with Gasteiger partial charge in [-0.2, -0.15) is 0 Å². The molecule has 1 atom stereocenters. The number of nitrogens with zero attached hydrogens (tertiary/aromatic N) is 1. The van der Waals surface area contributed by atoms with Crippen molar-refractivity contribution in [3.05, 3.63) is 83.4 Å². The fourth-order valence-electron chi connectivity index (χ4n) is 6.64. The van der Waals surface area contributed by atoms with Crippen LogP contribution in [0.2, 0.25) is 0 Å². The molecule has 2 fully saturated rings. The molecule has 1 aliphatic carbocycles. The first kappa shape index (κ1) is 34.1. The van der Waals surface area contributed by atoms with Crippen LogP contribution in [0.4, 0.5) is 11.4 Å². The lowest BCUT2D eigenvalue weighted by Crippen LogP contribution is -2.48. The maximum absolute atomic E-state index is 13.7. The van der Waals surface area contributed by atoms with Gasteiger partial charge in [0, 0.05) is 48.4 Å². The predicted molar refractivity (Wildman–Crippen MR) is 190 cm³/mol. The summed E-state index contributed by atoms with van der Waals surface area (Å²) < 4.78 is 5.41. The minimum Gasteiger partial charge on any atom is -0.381 e. The number of benzene rings is 3. The Morgan fingerprint density at radius 2 is 1.51 bits per heavy atom. The lowest BCUT2D eigenvalue weighted by molar-refractivity contribution is -0.130. The van der Waals surface area contributed by atoms with E-state index in [4.69, 9.17) is 10.5 Å². The Morgan fingerprint density at radius 3 is 2.18 bits per heavy atom. The number of nitrogens with two attached hydrogens (primary N) is 1. The van der Waals surface area contributed by atoms with Crippen LogP contribution in [0.3, 0.4) is 0 Å². The Hall–Kier alpha value is -4.78. The van der Waals surface area contributed by atoms with Gasteiger partial charge in [0.1, 0.15) is 6.04 Å². The standard InChI is InChI=1S/C37H46N8O4/c1-23-2-7-30(21-32(23)40-36(47)29-16-18-49-19-17-29)26-8-3-24(4-9-26)20-33(41-35(46)28-10-5-25(22-38)6-11-28)37(48)39-31-14-12-27(13-15-31)34-42-44-45-43-34/h2-4,7-9,12-15,21,25,28-29,33,44-45H,5-6,10-11,16-20,22,38H2,1H3,(H,39,48)(H,40,47)(H,41,46)(H,42,43). The minimum atomic E-state index is -0.772. The molecule has 2 aliphatic heterocycles. The third kappa shape index (κ3) is 8.83. The Morgan fingerprint density at radius 1 is 0.837 bits per heavy atom. The number of amides is 3. The quantitative estimate of drug-likeness (QED) is 0.162. The molecular formula is C37H46N8O4. The van der Waals surface area contributed by atoms with Gasteiger partial charge in [-0.1, -0.05) is 36.4 Å². The number of aryl methyl sites for hydroxylation is 1. The molecule has 0 spiro atoms. The normalized spacial score (nSPS) is 19.9. The number of carbonyl (C=O) groups excluding carboxylic acids is 3. The molecular weight excluding hydrogens is 620 g/mol. The lowest BCUT2D eigenvalue weighted by Gasteiger charge is -2.28. The monoisotopic (exact) mass is 666 g/mol. The zero-order chi connectivity index (χ0) is 34.2. The van der Waals surface area contributed by atoms with Crippen molar-refractivity contribution in [1.82, 2.24) is 21.8 Å². The first-order valence-corrected chi connectivity index (χ1v) is 17.2. The van der Waals surface area contributed by atoms with Crippen LogP contribution >= 0.6 is 0 Å². The molecule has 8 N–H and O–H groups in total. The van der Waals surface area contributed by atoms with Gasteiger partial charge in [0.15, 0.2) is 5.84 Å². The van der Waals surface area contributed by atoms with Gasteiger partial charge in [-0.15, -0.1) is 10.6 Å². The van der Waals surface area contributed by atoms with Crippen LogP contribution < -0.4 is 38.2 Å². The number of hydrazine groups is 2. The summed E-state index contributed by atoms with van der Waals surface area (Å²) in [7, 11) is 0. The Kier molecular flexibility index (Phi) is 11.2. The highest BCUT2D eigenvalue weighted by atomic mass is 16.5. The van der Waals surface area contributed by atoms with E-state index in [0.717, 1.165) is 72.0 Å². The van der Waals surface area contributed by atoms with Crippen molar-refractivity contribution in [2.24, 2.45) is 28.6 Å². The SMILES string of the molecule is Cc1ccc(-c2ccc(CC(NC(=O)C3CCC(CN)CC3)C(=O)Nc3ccc(C4=NNNN4)cc3)cc2)cc1NC(=O)C1CCOCC1. The molecule has 12 nitrogen and oxygen atoms in total. The zero-order valence-electron chi connectivity index (χ0n) is 27.9. The summed E-state index contributed by atoms with van der Waals surface area (Å²) in [5.41, 5.74) is 20.2. The van der Waals surface area contributed by atoms with Crippen molar-refractivity contribution in [3.63, 3.8) is 0 Å². The second-order valence-corrected chi connectivity index (χ2v) is 13.2. The summed E-state index contributed by atoms with van der Waals surface area (Å²) in [5.74, 6) is 0.563. The number of ether oxygens (including phenoxy) is 1. The molecule has 1 saturated heterocycles. The number of hydrogen-bond donors (Lipinski definition) is 7. The fraction of sp³-hybridized carbons (Fsp3) is 0.405. The maximum atomic E-state index is 13.7. The highest BCUT2D eigenvalue weighted by Crippen LogP contribution is 2.29. The molecule has 1 saturated carbocycles. The highest BCUT2D eigenvalue weighted by Gasteiger charge is 2.29. The van der Waals surface area contributed by atoms with E-state index in [1.165, 1.54) is 0 Å². The van der Waals surface area contributed by atoms with Gasteiger partial charge in [-0.3, -0.25) is 19.8 Å². The number of carbonyl (C=O) groups is 3. The number of hydrogen-bond acceptors (Lipinski definition) is 9. The van der Waals surface area contributed by atoms with Gasteiger partial charge in [-0.05, 0) is 110 Å². The van der Waals surface area contributed by atoms with Gasteiger partial charge < -0.3 is 26.4 Å². The fourth-order valence-corrected chi connectivity index (χ4v) is 6.64. The Labute approximate surface area is 287 Å². The molecule has 3 amide bonds. The van der Waals surface area contributed by atoms with Crippen LogP contribution in [0.15, 0.2) is 71.8 Å². The van der Waals surface area contributed by atoms with E-state index in [2.05, 4.69) is 37.5 Å². The molecule has 3 aliphatic rings. The summed E-state index contributed by atoms with van der Waals surface area (Å²) in [4.78, 5) is 40.0. The van der Waals surface area contributed by atoms with Crippen molar-refractivity contribution in [2.45, 2.75) is 57.9 Å². The van der Waals surface area contributed by atoms with Crippen molar-refractivity contribution in [3.8, 4) is 11.1 Å². The van der Waals surface area contributed by atoms with Crippen molar-refractivity contribution < 1.29 is 19.1 Å². The smallest absolute Gasteiger partial charge is 0.247 e. The van der Waals surface area contributed by atoms with E-state index in [1.807, 2.05) is 61.5 Å². The number of hydrazone groups is 1. The van der Waals surface area contributed by atoms with Gasteiger partial charge >= 0.3 is 0 Å². The van der Waals surface area contributed by atoms with E-state index in [1.54, 1.807) is 12.1 Å². The third-order valence-electron chi connectivity index (χ3n) is 9.83. The summed E-state index contributed by atoms with van der Waals surface area (Å²) in [6.45, 7) is 3.85. The van der Waals surface area contributed by atoms with Crippen LogP contribution in [0, 0.1) is 24.7 Å². The zero-order valence-corrected chi connectivity index (χ0v) is 27.9. The van der Waals surface area contributed by atoms with E-state index < -0.39 is 6.04 Å². The van der Waals surface area contributed by atoms with Gasteiger partial charge in [0.25, 0.3) is 0 Å². The third-order valence-corrected chi connectivity index (χ3v) is 9.83. The first-order chi connectivity index (χ1) is 23.9. The topological polar surface area (TPSA) is 171 Å². The molecule has 1 unspecified atom stereocenters.